The van der Waals surface area contributed by atoms with Crippen LogP contribution in [-0.4, -0.2) is 16.5 Å². The van der Waals surface area contributed by atoms with Crippen LogP contribution < -0.4 is 4.90 Å². The van der Waals surface area contributed by atoms with E-state index in [0.29, 0.717) is 0 Å². The third kappa shape index (κ3) is 2.29. The van der Waals surface area contributed by atoms with Gasteiger partial charge >= 0.3 is 0 Å². The van der Waals surface area contributed by atoms with E-state index >= 15 is 0 Å². The molecule has 4 aromatic rings. The van der Waals surface area contributed by atoms with E-state index in [1.54, 1.807) is 11.3 Å². The molecule has 3 heterocycles. The molecule has 0 fully saturated rings. The average Bonchev–Trinajstić information content (AvgIpc) is 3.13. The second-order valence-corrected chi connectivity index (χ2v) is 7.93. The molecule has 0 amide bonds. The van der Waals surface area contributed by atoms with E-state index in [1.165, 1.54) is 16.6 Å². The molecule has 0 radical (unpaired) electrons. The number of hydrogen-bond acceptors (Lipinski definition) is 3. The number of halogens is 2. The van der Waals surface area contributed by atoms with Crippen LogP contribution in [0.4, 0.5) is 5.13 Å². The molecule has 0 atom stereocenters. The molecular weight excluding hydrogens is 361 g/mol. The SMILES string of the molecule is Clc1ccc2c3c([nH]c2c1)CN(c1nc2ccc(Cl)cc2s1)CC3. The van der Waals surface area contributed by atoms with E-state index in [2.05, 4.69) is 16.0 Å². The van der Waals surface area contributed by atoms with Gasteiger partial charge in [-0.25, -0.2) is 4.98 Å². The lowest BCUT2D eigenvalue weighted by atomic mass is 10.0. The zero-order valence-electron chi connectivity index (χ0n) is 12.6. The van der Waals surface area contributed by atoms with Gasteiger partial charge in [-0.1, -0.05) is 40.6 Å². The fourth-order valence-electron chi connectivity index (χ4n) is 3.41. The quantitative estimate of drug-likeness (QED) is 0.467. The maximum absolute atomic E-state index is 6.12. The van der Waals surface area contributed by atoms with Gasteiger partial charge in [-0.05, 0) is 42.3 Å². The van der Waals surface area contributed by atoms with Gasteiger partial charge < -0.3 is 9.88 Å². The number of nitrogens with zero attached hydrogens (tertiary/aromatic N) is 2. The number of rotatable bonds is 1. The summed E-state index contributed by atoms with van der Waals surface area (Å²) in [6, 6.07) is 11.9. The van der Waals surface area contributed by atoms with E-state index in [4.69, 9.17) is 28.2 Å². The van der Waals surface area contributed by atoms with Crippen molar-refractivity contribution in [3.63, 3.8) is 0 Å². The maximum Gasteiger partial charge on any atom is 0.186 e. The molecule has 0 bridgehead atoms. The predicted molar refractivity (Wildman–Crippen MR) is 103 cm³/mol. The summed E-state index contributed by atoms with van der Waals surface area (Å²) in [6.45, 7) is 1.81. The fraction of sp³-hybridized carbons (Fsp3) is 0.167. The molecule has 0 unspecified atom stereocenters. The van der Waals surface area contributed by atoms with Gasteiger partial charge in [0.1, 0.15) is 0 Å². The lowest BCUT2D eigenvalue weighted by Gasteiger charge is -2.26. The van der Waals surface area contributed by atoms with Crippen molar-refractivity contribution in [1.82, 2.24) is 9.97 Å². The van der Waals surface area contributed by atoms with Gasteiger partial charge in [0, 0.05) is 33.2 Å². The summed E-state index contributed by atoms with van der Waals surface area (Å²) in [5, 5.41) is 3.85. The molecule has 0 spiro atoms. The van der Waals surface area contributed by atoms with Crippen LogP contribution in [0.3, 0.4) is 0 Å². The van der Waals surface area contributed by atoms with Gasteiger partial charge in [-0.3, -0.25) is 0 Å². The van der Waals surface area contributed by atoms with Crippen molar-refractivity contribution in [2.75, 3.05) is 11.4 Å². The molecule has 0 saturated heterocycles. The second kappa shape index (κ2) is 5.38. The smallest absolute Gasteiger partial charge is 0.186 e. The number of aromatic nitrogens is 2. The number of fused-ring (bicyclic) bond motifs is 4. The Bertz CT molecular complexity index is 1080. The molecule has 3 nitrogen and oxygen atoms in total. The third-order valence-corrected chi connectivity index (χ3v) is 6.10. The third-order valence-electron chi connectivity index (χ3n) is 4.55. The Labute approximate surface area is 152 Å². The highest BCUT2D eigenvalue weighted by molar-refractivity contribution is 7.22. The van der Waals surface area contributed by atoms with Crippen LogP contribution in [0.2, 0.25) is 10.0 Å². The monoisotopic (exact) mass is 373 g/mol. The number of anilines is 1. The first-order chi connectivity index (χ1) is 11.7. The lowest BCUT2D eigenvalue weighted by Crippen LogP contribution is -2.29. The number of hydrogen-bond donors (Lipinski definition) is 1. The van der Waals surface area contributed by atoms with Crippen LogP contribution in [0.1, 0.15) is 11.3 Å². The summed E-state index contributed by atoms with van der Waals surface area (Å²) in [6.07, 6.45) is 1.01. The van der Waals surface area contributed by atoms with E-state index in [9.17, 15) is 0 Å². The van der Waals surface area contributed by atoms with Crippen molar-refractivity contribution in [2.45, 2.75) is 13.0 Å². The van der Waals surface area contributed by atoms with Gasteiger partial charge in [-0.2, -0.15) is 0 Å². The summed E-state index contributed by atoms with van der Waals surface area (Å²) >= 11 is 13.9. The van der Waals surface area contributed by atoms with Crippen molar-refractivity contribution in [2.24, 2.45) is 0 Å². The molecule has 5 rings (SSSR count). The fourth-order valence-corrected chi connectivity index (χ4v) is 4.84. The number of H-pyrrole nitrogens is 1. The summed E-state index contributed by atoms with van der Waals surface area (Å²) in [4.78, 5) is 10.6. The zero-order valence-corrected chi connectivity index (χ0v) is 15.0. The van der Waals surface area contributed by atoms with Crippen LogP contribution in [0, 0.1) is 0 Å². The molecule has 1 aliphatic rings. The van der Waals surface area contributed by atoms with Crippen molar-refractivity contribution in [3.05, 3.63) is 57.7 Å². The van der Waals surface area contributed by atoms with Crippen LogP contribution in [0.25, 0.3) is 21.1 Å². The molecule has 2 aromatic carbocycles. The molecule has 1 N–H and O–H groups in total. The molecule has 1 aliphatic heterocycles. The molecule has 0 aliphatic carbocycles. The number of benzene rings is 2. The number of thiazole rings is 1. The largest absolute Gasteiger partial charge is 0.357 e. The van der Waals surface area contributed by atoms with Gasteiger partial charge in [0.05, 0.1) is 16.8 Å². The van der Waals surface area contributed by atoms with Crippen LogP contribution >= 0.6 is 34.5 Å². The standard InChI is InChI=1S/C18H13Cl2N3S/c19-10-1-3-12-13-5-6-23(9-16(13)21-15(12)7-10)18-22-14-4-2-11(20)8-17(14)24-18/h1-4,7-8,21H,5-6,9H2. The van der Waals surface area contributed by atoms with E-state index in [-0.39, 0.29) is 0 Å². The second-order valence-electron chi connectivity index (χ2n) is 6.05. The van der Waals surface area contributed by atoms with E-state index in [0.717, 1.165) is 50.4 Å². The zero-order chi connectivity index (χ0) is 16.3. The predicted octanol–water partition coefficient (Wildman–Crippen LogP) is 5.65. The van der Waals surface area contributed by atoms with Gasteiger partial charge in [0.2, 0.25) is 0 Å². The topological polar surface area (TPSA) is 31.9 Å². The average molecular weight is 374 g/mol. The Balaban J connectivity index is 1.54. The summed E-state index contributed by atoms with van der Waals surface area (Å²) in [5.74, 6) is 0. The van der Waals surface area contributed by atoms with E-state index in [1.807, 2.05) is 30.3 Å². The van der Waals surface area contributed by atoms with Crippen molar-refractivity contribution < 1.29 is 0 Å². The van der Waals surface area contributed by atoms with Crippen LogP contribution in [-0.2, 0) is 13.0 Å². The van der Waals surface area contributed by atoms with Crippen molar-refractivity contribution in [3.8, 4) is 0 Å². The minimum Gasteiger partial charge on any atom is -0.357 e. The Morgan fingerprint density at radius 3 is 2.83 bits per heavy atom. The summed E-state index contributed by atoms with van der Waals surface area (Å²) in [5.41, 5.74) is 4.79. The number of aromatic amines is 1. The van der Waals surface area contributed by atoms with Gasteiger partial charge in [0.15, 0.2) is 5.13 Å². The normalized spacial score (nSPS) is 14.5. The Hall–Kier alpha value is -1.75. The van der Waals surface area contributed by atoms with Gasteiger partial charge in [-0.15, -0.1) is 0 Å². The van der Waals surface area contributed by atoms with Crippen molar-refractivity contribution in [1.29, 1.82) is 0 Å². The Morgan fingerprint density at radius 2 is 1.92 bits per heavy atom. The molecular formula is C18H13Cl2N3S. The first kappa shape index (κ1) is 14.6. The molecule has 6 heteroatoms. The van der Waals surface area contributed by atoms with Crippen LogP contribution in [0.15, 0.2) is 36.4 Å². The molecule has 120 valence electrons. The highest BCUT2D eigenvalue weighted by Gasteiger charge is 2.22. The highest BCUT2D eigenvalue weighted by atomic mass is 35.5. The maximum atomic E-state index is 6.12. The van der Waals surface area contributed by atoms with Gasteiger partial charge in [0.25, 0.3) is 0 Å². The number of nitrogens with one attached hydrogen (secondary N) is 1. The van der Waals surface area contributed by atoms with Crippen molar-refractivity contribution >= 4 is 60.8 Å². The molecule has 0 saturated carbocycles. The first-order valence-corrected chi connectivity index (χ1v) is 9.35. The summed E-state index contributed by atoms with van der Waals surface area (Å²) < 4.78 is 1.13. The molecule has 2 aromatic heterocycles. The van der Waals surface area contributed by atoms with Crippen LogP contribution in [0.5, 0.6) is 0 Å². The minimum atomic E-state index is 0.756. The highest BCUT2D eigenvalue weighted by Crippen LogP contribution is 2.35. The first-order valence-electron chi connectivity index (χ1n) is 7.77. The summed E-state index contributed by atoms with van der Waals surface area (Å²) in [7, 11) is 0. The molecule has 24 heavy (non-hydrogen) atoms. The Kier molecular flexibility index (Phi) is 3.27. The van der Waals surface area contributed by atoms with E-state index < -0.39 is 0 Å². The minimum absolute atomic E-state index is 0.756. The Morgan fingerprint density at radius 1 is 1.08 bits per heavy atom. The lowest BCUT2D eigenvalue weighted by molar-refractivity contribution is 0.722.